The van der Waals surface area contributed by atoms with E-state index in [0.29, 0.717) is 6.54 Å². The summed E-state index contributed by atoms with van der Waals surface area (Å²) in [5, 5.41) is 11.1. The molecule has 0 bridgehead atoms. The lowest BCUT2D eigenvalue weighted by Gasteiger charge is -2.15. The highest BCUT2D eigenvalue weighted by Crippen LogP contribution is 1.95. The highest BCUT2D eigenvalue weighted by Gasteiger charge is 2.12. The largest absolute Gasteiger partial charge is 0.395 e. The van der Waals surface area contributed by atoms with E-state index >= 15 is 0 Å². The third kappa shape index (κ3) is 5.09. The van der Waals surface area contributed by atoms with Gasteiger partial charge in [0.15, 0.2) is 0 Å². The summed E-state index contributed by atoms with van der Waals surface area (Å²) in [7, 11) is 3.85. The number of nitrogens with zero attached hydrogens (tertiary/aromatic N) is 1. The van der Waals surface area contributed by atoms with Gasteiger partial charge in [-0.3, -0.25) is 4.79 Å². The first-order valence-corrected chi connectivity index (χ1v) is 4.11. The Kier molecular flexibility index (Phi) is 5.66. The molecule has 0 fully saturated rings. The number of nitrogens with one attached hydrogen (secondary N) is 1. The first-order valence-electron chi connectivity index (χ1n) is 4.11. The Labute approximate surface area is 73.6 Å². The van der Waals surface area contributed by atoms with Gasteiger partial charge < -0.3 is 15.3 Å². The van der Waals surface area contributed by atoms with Gasteiger partial charge in [0.05, 0.1) is 6.61 Å². The van der Waals surface area contributed by atoms with Crippen LogP contribution in [0.2, 0.25) is 0 Å². The van der Waals surface area contributed by atoms with E-state index < -0.39 is 0 Å². The molecule has 0 radical (unpaired) electrons. The lowest BCUT2D eigenvalue weighted by atomic mass is 10.1. The van der Waals surface area contributed by atoms with Gasteiger partial charge in [0.25, 0.3) is 0 Å². The normalized spacial score (nSPS) is 13.1. The number of amides is 1. The van der Waals surface area contributed by atoms with E-state index in [1.807, 2.05) is 25.9 Å². The quantitative estimate of drug-likeness (QED) is 0.579. The van der Waals surface area contributed by atoms with Crippen molar-refractivity contribution in [1.29, 1.82) is 0 Å². The molecule has 1 amide bonds. The Bertz CT molecular complexity index is 137. The van der Waals surface area contributed by atoms with Crippen molar-refractivity contribution in [3.05, 3.63) is 0 Å². The van der Waals surface area contributed by atoms with Crippen LogP contribution in [-0.4, -0.2) is 49.7 Å². The highest BCUT2D eigenvalue weighted by molar-refractivity contribution is 5.78. The van der Waals surface area contributed by atoms with Crippen molar-refractivity contribution in [3.63, 3.8) is 0 Å². The Balaban J connectivity index is 3.61. The molecule has 0 spiro atoms. The Morgan fingerprint density at radius 3 is 2.58 bits per heavy atom. The van der Waals surface area contributed by atoms with Gasteiger partial charge in [-0.2, -0.15) is 0 Å². The van der Waals surface area contributed by atoms with Crippen molar-refractivity contribution >= 4 is 5.91 Å². The molecule has 0 heterocycles. The maximum absolute atomic E-state index is 11.2. The SMILES string of the molecule is CC(CN(C)C)C(=O)NCCO. The molecule has 0 aliphatic rings. The van der Waals surface area contributed by atoms with Crippen molar-refractivity contribution < 1.29 is 9.90 Å². The fraction of sp³-hybridized carbons (Fsp3) is 0.875. The summed E-state index contributed by atoms with van der Waals surface area (Å²) in [5.41, 5.74) is 0. The molecule has 1 unspecified atom stereocenters. The van der Waals surface area contributed by atoms with E-state index in [0.717, 1.165) is 6.54 Å². The Morgan fingerprint density at radius 2 is 2.17 bits per heavy atom. The minimum Gasteiger partial charge on any atom is -0.395 e. The highest BCUT2D eigenvalue weighted by atomic mass is 16.3. The van der Waals surface area contributed by atoms with E-state index in [9.17, 15) is 4.79 Å². The second kappa shape index (κ2) is 5.97. The summed E-state index contributed by atoms with van der Waals surface area (Å²) in [4.78, 5) is 13.2. The molecule has 0 saturated heterocycles. The number of hydrogen-bond donors (Lipinski definition) is 2. The van der Waals surface area contributed by atoms with Gasteiger partial charge in [0.1, 0.15) is 0 Å². The number of carbonyl (C=O) groups excluding carboxylic acids is 1. The molecular formula is C8H18N2O2. The Hall–Kier alpha value is -0.610. The summed E-state index contributed by atoms with van der Waals surface area (Å²) >= 11 is 0. The molecule has 0 aliphatic heterocycles. The van der Waals surface area contributed by atoms with Crippen molar-refractivity contribution in [2.75, 3.05) is 33.8 Å². The van der Waals surface area contributed by atoms with Gasteiger partial charge in [-0.05, 0) is 14.1 Å². The Morgan fingerprint density at radius 1 is 1.58 bits per heavy atom. The maximum Gasteiger partial charge on any atom is 0.224 e. The second-order valence-electron chi connectivity index (χ2n) is 3.18. The van der Waals surface area contributed by atoms with Crippen LogP contribution >= 0.6 is 0 Å². The molecule has 2 N–H and O–H groups in total. The van der Waals surface area contributed by atoms with Gasteiger partial charge >= 0.3 is 0 Å². The zero-order valence-electron chi connectivity index (χ0n) is 8.00. The van der Waals surface area contributed by atoms with Crippen LogP contribution in [0.5, 0.6) is 0 Å². The van der Waals surface area contributed by atoms with Crippen molar-refractivity contribution in [2.24, 2.45) is 5.92 Å². The molecule has 72 valence electrons. The molecule has 0 aromatic rings. The number of aliphatic hydroxyl groups is 1. The lowest BCUT2D eigenvalue weighted by Crippen LogP contribution is -2.36. The molecule has 0 saturated carbocycles. The van der Waals surface area contributed by atoms with Crippen LogP contribution in [0.4, 0.5) is 0 Å². The molecule has 12 heavy (non-hydrogen) atoms. The van der Waals surface area contributed by atoms with Gasteiger partial charge in [-0.15, -0.1) is 0 Å². The fourth-order valence-electron chi connectivity index (χ4n) is 0.984. The van der Waals surface area contributed by atoms with Crippen LogP contribution in [-0.2, 0) is 4.79 Å². The molecule has 4 heteroatoms. The van der Waals surface area contributed by atoms with Gasteiger partial charge in [-0.25, -0.2) is 0 Å². The first kappa shape index (κ1) is 11.4. The van der Waals surface area contributed by atoms with Crippen molar-refractivity contribution in [1.82, 2.24) is 10.2 Å². The second-order valence-corrected chi connectivity index (χ2v) is 3.18. The van der Waals surface area contributed by atoms with Crippen molar-refractivity contribution in [3.8, 4) is 0 Å². The van der Waals surface area contributed by atoms with Crippen LogP contribution < -0.4 is 5.32 Å². The number of hydrogen-bond acceptors (Lipinski definition) is 3. The summed E-state index contributed by atoms with van der Waals surface area (Å²) < 4.78 is 0. The van der Waals surface area contributed by atoms with Crippen LogP contribution in [0.15, 0.2) is 0 Å². The number of rotatable bonds is 5. The van der Waals surface area contributed by atoms with E-state index in [4.69, 9.17) is 5.11 Å². The van der Waals surface area contributed by atoms with Gasteiger partial charge in [0.2, 0.25) is 5.91 Å². The summed E-state index contributed by atoms with van der Waals surface area (Å²) in [6, 6.07) is 0. The predicted molar refractivity (Wildman–Crippen MR) is 47.8 cm³/mol. The van der Waals surface area contributed by atoms with Gasteiger partial charge in [-0.1, -0.05) is 6.92 Å². The van der Waals surface area contributed by atoms with Crippen LogP contribution in [0.3, 0.4) is 0 Å². The number of aliphatic hydroxyl groups excluding tert-OH is 1. The van der Waals surface area contributed by atoms with E-state index in [2.05, 4.69) is 5.32 Å². The lowest BCUT2D eigenvalue weighted by molar-refractivity contribution is -0.125. The van der Waals surface area contributed by atoms with Crippen LogP contribution in [0.25, 0.3) is 0 Å². The number of carbonyl (C=O) groups is 1. The maximum atomic E-state index is 11.2. The average molecular weight is 174 g/mol. The minimum absolute atomic E-state index is 0.000421. The van der Waals surface area contributed by atoms with E-state index in [-0.39, 0.29) is 18.4 Å². The molecular weight excluding hydrogens is 156 g/mol. The third-order valence-electron chi connectivity index (χ3n) is 1.50. The molecule has 0 aromatic carbocycles. The molecule has 1 atom stereocenters. The summed E-state index contributed by atoms with van der Waals surface area (Å²) in [6.07, 6.45) is 0. The first-order chi connectivity index (χ1) is 5.57. The molecule has 0 aromatic heterocycles. The molecule has 0 aliphatic carbocycles. The van der Waals surface area contributed by atoms with Crippen molar-refractivity contribution in [2.45, 2.75) is 6.92 Å². The standard InChI is InChI=1S/C8H18N2O2/c1-7(6-10(2)3)8(12)9-4-5-11/h7,11H,4-6H2,1-3H3,(H,9,12). The zero-order chi connectivity index (χ0) is 9.56. The van der Waals surface area contributed by atoms with Gasteiger partial charge in [0, 0.05) is 19.0 Å². The van der Waals surface area contributed by atoms with E-state index in [1.54, 1.807) is 0 Å². The fourth-order valence-corrected chi connectivity index (χ4v) is 0.984. The topological polar surface area (TPSA) is 52.6 Å². The molecule has 0 rings (SSSR count). The smallest absolute Gasteiger partial charge is 0.224 e. The monoisotopic (exact) mass is 174 g/mol. The predicted octanol–water partition coefficient (Wildman–Crippen LogP) is -0.707. The van der Waals surface area contributed by atoms with Crippen LogP contribution in [0, 0.1) is 5.92 Å². The molecule has 4 nitrogen and oxygen atoms in total. The van der Waals surface area contributed by atoms with Crippen LogP contribution in [0.1, 0.15) is 6.92 Å². The minimum atomic E-state index is -0.0217. The summed E-state index contributed by atoms with van der Waals surface area (Å²) in [6.45, 7) is 2.95. The third-order valence-corrected chi connectivity index (χ3v) is 1.50. The summed E-state index contributed by atoms with van der Waals surface area (Å²) in [5.74, 6) is -0.0238. The average Bonchev–Trinajstić information content (AvgIpc) is 1.98. The van der Waals surface area contributed by atoms with E-state index in [1.165, 1.54) is 0 Å². The zero-order valence-corrected chi connectivity index (χ0v) is 8.00.